The molecule has 0 aromatic heterocycles. The minimum Gasteiger partial charge on any atom is -0.478 e. The molecule has 0 spiro atoms. The molecule has 1 unspecified atom stereocenters. The average Bonchev–Trinajstić information content (AvgIpc) is 2.47. The molecule has 13 heavy (non-hydrogen) atoms. The van der Waals surface area contributed by atoms with Crippen LogP contribution in [0.3, 0.4) is 0 Å². The van der Waals surface area contributed by atoms with Gasteiger partial charge in [0.25, 0.3) is 0 Å². The number of aliphatic carboxylic acids is 1. The lowest BCUT2D eigenvalue weighted by atomic mass is 10.2. The van der Waals surface area contributed by atoms with Gasteiger partial charge >= 0.3 is 5.97 Å². The monoisotopic (exact) mass is 184 g/mol. The number of nitrogens with zero attached hydrogens (tertiary/aromatic N) is 1. The van der Waals surface area contributed by atoms with Crippen LogP contribution in [0.15, 0.2) is 12.3 Å². The van der Waals surface area contributed by atoms with Crippen molar-refractivity contribution >= 4 is 11.9 Å². The molecule has 1 rings (SSSR count). The maximum absolute atomic E-state index is 10.9. The highest BCUT2D eigenvalue weighted by atomic mass is 16.4. The van der Waals surface area contributed by atoms with Crippen molar-refractivity contribution in [2.75, 3.05) is 6.54 Å². The highest BCUT2D eigenvalue weighted by Gasteiger charge is 2.26. The Balaban J connectivity index is 2.58. The second-order valence-corrected chi connectivity index (χ2v) is 2.95. The summed E-state index contributed by atoms with van der Waals surface area (Å²) in [7, 11) is 0. The molecule has 0 bridgehead atoms. The highest BCUT2D eigenvalue weighted by Crippen LogP contribution is 2.16. The summed E-state index contributed by atoms with van der Waals surface area (Å²) in [5.74, 6) is -1.41. The van der Waals surface area contributed by atoms with E-state index in [1.54, 1.807) is 4.90 Å². The van der Waals surface area contributed by atoms with Gasteiger partial charge in [0.1, 0.15) is 6.04 Å². The van der Waals surface area contributed by atoms with E-state index in [1.807, 2.05) is 0 Å². The third kappa shape index (κ3) is 2.47. The molecule has 5 heteroatoms. The Hall–Kier alpha value is -1.52. The van der Waals surface area contributed by atoms with Crippen LogP contribution in [-0.4, -0.2) is 34.5 Å². The van der Waals surface area contributed by atoms with Crippen molar-refractivity contribution in [1.82, 2.24) is 4.90 Å². The minimum absolute atomic E-state index is 0.337. The molecule has 1 fully saturated rings. The third-order valence-corrected chi connectivity index (χ3v) is 2.03. The molecule has 3 N–H and O–H groups in total. The van der Waals surface area contributed by atoms with Gasteiger partial charge < -0.3 is 15.7 Å². The standard InChI is InChI=1S/C8H12N2O3/c9-8(13)6-2-1-4-10(6)5-3-7(11)12/h3,5-6H,1-2,4H2,(H2,9,13)(H,11,12). The lowest BCUT2D eigenvalue weighted by Crippen LogP contribution is -2.37. The van der Waals surface area contributed by atoms with Crippen LogP contribution in [0.4, 0.5) is 0 Å². The van der Waals surface area contributed by atoms with E-state index in [0.29, 0.717) is 13.0 Å². The largest absolute Gasteiger partial charge is 0.478 e. The number of hydrogen-bond acceptors (Lipinski definition) is 3. The van der Waals surface area contributed by atoms with E-state index in [2.05, 4.69) is 0 Å². The van der Waals surface area contributed by atoms with E-state index >= 15 is 0 Å². The first-order chi connectivity index (χ1) is 6.11. The van der Waals surface area contributed by atoms with Crippen LogP contribution in [-0.2, 0) is 9.59 Å². The molecule has 1 amide bonds. The molecule has 0 aromatic rings. The van der Waals surface area contributed by atoms with E-state index in [1.165, 1.54) is 6.20 Å². The number of carbonyl (C=O) groups is 2. The molecular weight excluding hydrogens is 172 g/mol. The Morgan fingerprint density at radius 2 is 2.23 bits per heavy atom. The first-order valence-corrected chi connectivity index (χ1v) is 4.07. The first kappa shape index (κ1) is 9.57. The lowest BCUT2D eigenvalue weighted by Gasteiger charge is -2.18. The number of likely N-dealkylation sites (tertiary alicyclic amines) is 1. The van der Waals surface area contributed by atoms with Crippen LogP contribution < -0.4 is 5.73 Å². The second-order valence-electron chi connectivity index (χ2n) is 2.95. The number of carbonyl (C=O) groups excluding carboxylic acids is 1. The summed E-state index contributed by atoms with van der Waals surface area (Å²) in [6, 6.07) is -0.337. The normalized spacial score (nSPS) is 22.5. The van der Waals surface area contributed by atoms with E-state index < -0.39 is 11.9 Å². The van der Waals surface area contributed by atoms with Crippen LogP contribution in [0.1, 0.15) is 12.8 Å². The molecule has 72 valence electrons. The number of nitrogens with two attached hydrogens (primary N) is 1. The fourth-order valence-corrected chi connectivity index (χ4v) is 1.43. The van der Waals surface area contributed by atoms with E-state index in [9.17, 15) is 9.59 Å². The summed E-state index contributed by atoms with van der Waals surface area (Å²) < 4.78 is 0. The van der Waals surface area contributed by atoms with Crippen molar-refractivity contribution in [3.63, 3.8) is 0 Å². The first-order valence-electron chi connectivity index (χ1n) is 4.07. The van der Waals surface area contributed by atoms with Crippen molar-refractivity contribution in [1.29, 1.82) is 0 Å². The van der Waals surface area contributed by atoms with E-state index in [4.69, 9.17) is 10.8 Å². The number of rotatable bonds is 3. The Morgan fingerprint density at radius 1 is 1.54 bits per heavy atom. The molecule has 0 radical (unpaired) electrons. The smallest absolute Gasteiger partial charge is 0.329 e. The summed E-state index contributed by atoms with van der Waals surface area (Å²) in [6.07, 6.45) is 4.00. The van der Waals surface area contributed by atoms with Gasteiger partial charge in [-0.2, -0.15) is 0 Å². The zero-order valence-electron chi connectivity index (χ0n) is 7.14. The van der Waals surface area contributed by atoms with E-state index in [-0.39, 0.29) is 6.04 Å². The molecule has 0 aromatic carbocycles. The van der Waals surface area contributed by atoms with Gasteiger partial charge in [0.15, 0.2) is 0 Å². The van der Waals surface area contributed by atoms with Gasteiger partial charge in [0, 0.05) is 18.8 Å². The summed E-state index contributed by atoms with van der Waals surface area (Å²) in [5, 5.41) is 8.37. The fourth-order valence-electron chi connectivity index (χ4n) is 1.43. The van der Waals surface area contributed by atoms with Gasteiger partial charge in [0.2, 0.25) is 5.91 Å². The molecule has 1 atom stereocenters. The number of amides is 1. The summed E-state index contributed by atoms with van der Waals surface area (Å²) in [6.45, 7) is 0.692. The van der Waals surface area contributed by atoms with Crippen molar-refractivity contribution in [2.45, 2.75) is 18.9 Å². The van der Waals surface area contributed by atoms with Gasteiger partial charge in [-0.15, -0.1) is 0 Å². The second kappa shape index (κ2) is 3.93. The Bertz CT molecular complexity index is 250. The number of hydrogen-bond donors (Lipinski definition) is 2. The highest BCUT2D eigenvalue weighted by molar-refractivity contribution is 5.81. The number of primary amides is 1. The van der Waals surface area contributed by atoms with Crippen molar-refractivity contribution in [2.24, 2.45) is 5.73 Å². The van der Waals surface area contributed by atoms with Crippen LogP contribution >= 0.6 is 0 Å². The van der Waals surface area contributed by atoms with Crippen LogP contribution in [0.2, 0.25) is 0 Å². The van der Waals surface area contributed by atoms with Gasteiger partial charge in [-0.05, 0) is 12.8 Å². The molecule has 0 saturated carbocycles. The Kier molecular flexibility index (Phi) is 2.89. The molecule has 1 saturated heterocycles. The van der Waals surface area contributed by atoms with Gasteiger partial charge in [-0.25, -0.2) is 4.79 Å². The van der Waals surface area contributed by atoms with Crippen LogP contribution in [0.5, 0.6) is 0 Å². The average molecular weight is 184 g/mol. The minimum atomic E-state index is -1.02. The molecule has 1 heterocycles. The lowest BCUT2D eigenvalue weighted by molar-refractivity contribution is -0.131. The van der Waals surface area contributed by atoms with Gasteiger partial charge in [-0.1, -0.05) is 0 Å². The zero-order valence-corrected chi connectivity index (χ0v) is 7.14. The molecule has 0 aliphatic carbocycles. The fraction of sp³-hybridized carbons (Fsp3) is 0.500. The summed E-state index contributed by atoms with van der Waals surface area (Å²) in [4.78, 5) is 22.7. The summed E-state index contributed by atoms with van der Waals surface area (Å²) in [5.41, 5.74) is 5.13. The SMILES string of the molecule is NC(=O)C1CCCN1C=CC(=O)O. The topological polar surface area (TPSA) is 83.6 Å². The predicted molar refractivity (Wildman–Crippen MR) is 45.7 cm³/mol. The molecule has 1 aliphatic rings. The van der Waals surface area contributed by atoms with Gasteiger partial charge in [0.05, 0.1) is 0 Å². The summed E-state index contributed by atoms with van der Waals surface area (Å²) >= 11 is 0. The maximum Gasteiger partial charge on any atom is 0.329 e. The number of carboxylic acids is 1. The Labute approximate surface area is 75.8 Å². The van der Waals surface area contributed by atoms with Crippen LogP contribution in [0, 0.1) is 0 Å². The van der Waals surface area contributed by atoms with Crippen molar-refractivity contribution < 1.29 is 14.7 Å². The maximum atomic E-state index is 10.9. The van der Waals surface area contributed by atoms with Crippen LogP contribution in [0.25, 0.3) is 0 Å². The van der Waals surface area contributed by atoms with Crippen molar-refractivity contribution in [3.05, 3.63) is 12.3 Å². The third-order valence-electron chi connectivity index (χ3n) is 2.03. The zero-order chi connectivity index (χ0) is 9.84. The molecule has 5 nitrogen and oxygen atoms in total. The molecular formula is C8H12N2O3. The van der Waals surface area contributed by atoms with Gasteiger partial charge in [-0.3, -0.25) is 4.79 Å². The Morgan fingerprint density at radius 3 is 2.77 bits per heavy atom. The number of carboxylic acid groups (broad SMARTS) is 1. The quantitative estimate of drug-likeness (QED) is 0.581. The molecule has 1 aliphatic heterocycles. The predicted octanol–water partition coefficient (Wildman–Crippen LogP) is -0.466. The van der Waals surface area contributed by atoms with E-state index in [0.717, 1.165) is 12.5 Å². The van der Waals surface area contributed by atoms with Crippen molar-refractivity contribution in [3.8, 4) is 0 Å².